The molecule has 21 heavy (non-hydrogen) atoms. The monoisotopic (exact) mass is 330 g/mol. The molecule has 0 aliphatic rings. The van der Waals surface area contributed by atoms with Gasteiger partial charge in [-0.05, 0) is 29.7 Å². The minimum absolute atomic E-state index is 0.0724. The number of methoxy groups -OCH3 is 1. The van der Waals surface area contributed by atoms with Crippen LogP contribution in [0.4, 0.5) is 8.78 Å². The van der Waals surface area contributed by atoms with E-state index >= 15 is 0 Å². The summed E-state index contributed by atoms with van der Waals surface area (Å²) in [5.74, 6) is -1.31. The maximum Gasteiger partial charge on any atom is 0.142 e. The van der Waals surface area contributed by atoms with E-state index in [1.54, 1.807) is 19.2 Å². The Balaban J connectivity index is 2.23. The molecular weight excluding hydrogens is 317 g/mol. The van der Waals surface area contributed by atoms with E-state index in [4.69, 9.17) is 27.9 Å². The highest BCUT2D eigenvalue weighted by atomic mass is 35.5. The Hall–Kier alpha value is -1.16. The van der Waals surface area contributed by atoms with Gasteiger partial charge in [0, 0.05) is 12.7 Å². The number of hydrogen-bond acceptors (Lipinski definition) is 1. The summed E-state index contributed by atoms with van der Waals surface area (Å²) >= 11 is 11.8. The van der Waals surface area contributed by atoms with Crippen molar-refractivity contribution in [1.29, 1.82) is 0 Å². The summed E-state index contributed by atoms with van der Waals surface area (Å²) in [6, 6.07) is 9.37. The SMILES string of the molecule is COCCc1ccc(C(Cl)c2cc(F)c(Cl)cc2F)cc1. The quantitative estimate of drug-likeness (QED) is 0.545. The minimum atomic E-state index is -0.770. The van der Waals surface area contributed by atoms with Crippen LogP contribution in [-0.2, 0) is 11.2 Å². The maximum absolute atomic E-state index is 13.9. The van der Waals surface area contributed by atoms with Gasteiger partial charge in [0.05, 0.1) is 17.0 Å². The van der Waals surface area contributed by atoms with Crippen molar-refractivity contribution in [3.63, 3.8) is 0 Å². The van der Waals surface area contributed by atoms with E-state index in [-0.39, 0.29) is 10.6 Å². The van der Waals surface area contributed by atoms with Gasteiger partial charge in [0.15, 0.2) is 0 Å². The largest absolute Gasteiger partial charge is 0.384 e. The van der Waals surface area contributed by atoms with E-state index in [1.165, 1.54) is 0 Å². The third kappa shape index (κ3) is 3.94. The summed E-state index contributed by atoms with van der Waals surface area (Å²) in [7, 11) is 1.64. The van der Waals surface area contributed by atoms with Gasteiger partial charge in [-0.3, -0.25) is 0 Å². The fourth-order valence-electron chi connectivity index (χ4n) is 1.98. The van der Waals surface area contributed by atoms with E-state index in [1.807, 2.05) is 12.1 Å². The Bertz CT molecular complexity index is 614. The molecule has 112 valence electrons. The van der Waals surface area contributed by atoms with Gasteiger partial charge >= 0.3 is 0 Å². The maximum atomic E-state index is 13.9. The second-order valence-electron chi connectivity index (χ2n) is 4.63. The molecule has 1 unspecified atom stereocenters. The molecule has 0 aromatic heterocycles. The molecule has 0 fully saturated rings. The van der Waals surface area contributed by atoms with Crippen LogP contribution >= 0.6 is 23.2 Å². The van der Waals surface area contributed by atoms with Crippen LogP contribution in [-0.4, -0.2) is 13.7 Å². The molecule has 2 aromatic carbocycles. The van der Waals surface area contributed by atoms with Gasteiger partial charge in [0.25, 0.3) is 0 Å². The lowest BCUT2D eigenvalue weighted by molar-refractivity contribution is 0.202. The molecule has 0 spiro atoms. The van der Waals surface area contributed by atoms with Gasteiger partial charge < -0.3 is 4.74 Å². The van der Waals surface area contributed by atoms with E-state index < -0.39 is 17.0 Å². The summed E-state index contributed by atoms with van der Waals surface area (Å²) in [5.41, 5.74) is 1.86. The van der Waals surface area contributed by atoms with Crippen LogP contribution in [0.2, 0.25) is 5.02 Å². The summed E-state index contributed by atoms with van der Waals surface area (Å²) < 4.78 is 32.3. The van der Waals surface area contributed by atoms with E-state index in [9.17, 15) is 8.78 Å². The van der Waals surface area contributed by atoms with Gasteiger partial charge in [-0.1, -0.05) is 35.9 Å². The normalized spacial score (nSPS) is 12.4. The highest BCUT2D eigenvalue weighted by molar-refractivity contribution is 6.30. The zero-order chi connectivity index (χ0) is 15.4. The fraction of sp³-hybridized carbons (Fsp3) is 0.250. The lowest BCUT2D eigenvalue weighted by atomic mass is 10.0. The Kier molecular flexibility index (Phi) is 5.57. The Morgan fingerprint density at radius 2 is 1.76 bits per heavy atom. The van der Waals surface area contributed by atoms with Crippen molar-refractivity contribution in [2.45, 2.75) is 11.8 Å². The van der Waals surface area contributed by atoms with Crippen LogP contribution in [0.15, 0.2) is 36.4 Å². The first kappa shape index (κ1) is 16.2. The third-order valence-corrected chi connectivity index (χ3v) is 3.96. The molecule has 5 heteroatoms. The standard InChI is InChI=1S/C16H14Cl2F2O/c1-21-7-6-10-2-4-11(5-3-10)16(18)12-8-15(20)13(17)9-14(12)19/h2-5,8-9,16H,6-7H2,1H3. The van der Waals surface area contributed by atoms with E-state index in [0.29, 0.717) is 12.2 Å². The number of rotatable bonds is 5. The van der Waals surface area contributed by atoms with Crippen LogP contribution in [0.25, 0.3) is 0 Å². The second-order valence-corrected chi connectivity index (χ2v) is 5.48. The van der Waals surface area contributed by atoms with Crippen LogP contribution in [0.5, 0.6) is 0 Å². The molecule has 0 saturated heterocycles. The molecule has 1 atom stereocenters. The molecule has 0 N–H and O–H groups in total. The topological polar surface area (TPSA) is 9.23 Å². The molecule has 0 heterocycles. The predicted octanol–water partition coefficient (Wildman–Crippen LogP) is 5.14. The smallest absolute Gasteiger partial charge is 0.142 e. The molecule has 0 saturated carbocycles. The summed E-state index contributed by atoms with van der Waals surface area (Å²) in [4.78, 5) is 0. The molecule has 0 aliphatic carbocycles. The highest BCUT2D eigenvalue weighted by Crippen LogP contribution is 2.33. The van der Waals surface area contributed by atoms with Gasteiger partial charge in [0.1, 0.15) is 11.6 Å². The van der Waals surface area contributed by atoms with E-state index in [0.717, 1.165) is 24.1 Å². The van der Waals surface area contributed by atoms with Crippen molar-refractivity contribution in [2.75, 3.05) is 13.7 Å². The highest BCUT2D eigenvalue weighted by Gasteiger charge is 2.18. The van der Waals surface area contributed by atoms with Crippen molar-refractivity contribution in [3.05, 3.63) is 69.7 Å². The van der Waals surface area contributed by atoms with Crippen LogP contribution < -0.4 is 0 Å². The fourth-order valence-corrected chi connectivity index (χ4v) is 2.45. The summed E-state index contributed by atoms with van der Waals surface area (Å²) in [6.07, 6.45) is 0.785. The van der Waals surface area contributed by atoms with Crippen molar-refractivity contribution in [2.24, 2.45) is 0 Å². The van der Waals surface area contributed by atoms with Crippen molar-refractivity contribution < 1.29 is 13.5 Å². The van der Waals surface area contributed by atoms with Crippen LogP contribution in [0.3, 0.4) is 0 Å². The van der Waals surface area contributed by atoms with Gasteiger partial charge in [-0.2, -0.15) is 0 Å². The molecule has 0 radical (unpaired) electrons. The lowest BCUT2D eigenvalue weighted by Crippen LogP contribution is -2.00. The van der Waals surface area contributed by atoms with Crippen molar-refractivity contribution >= 4 is 23.2 Å². The molecule has 0 amide bonds. The zero-order valence-electron chi connectivity index (χ0n) is 11.4. The van der Waals surface area contributed by atoms with E-state index in [2.05, 4.69) is 0 Å². The predicted molar refractivity (Wildman–Crippen MR) is 81.1 cm³/mol. The summed E-state index contributed by atoms with van der Waals surface area (Å²) in [6.45, 7) is 0.626. The molecule has 2 aromatic rings. The first-order valence-corrected chi connectivity index (χ1v) is 7.20. The average Bonchev–Trinajstić information content (AvgIpc) is 2.48. The number of hydrogen-bond donors (Lipinski definition) is 0. The number of ether oxygens (including phenoxy) is 1. The van der Waals surface area contributed by atoms with Crippen LogP contribution in [0.1, 0.15) is 22.1 Å². The Morgan fingerprint density at radius 1 is 1.10 bits per heavy atom. The van der Waals surface area contributed by atoms with Crippen LogP contribution in [0, 0.1) is 11.6 Å². The summed E-state index contributed by atoms with van der Waals surface area (Å²) in [5, 5.41) is -1.02. The minimum Gasteiger partial charge on any atom is -0.384 e. The molecule has 2 rings (SSSR count). The first-order valence-electron chi connectivity index (χ1n) is 6.39. The molecule has 1 nitrogen and oxygen atoms in total. The lowest BCUT2D eigenvalue weighted by Gasteiger charge is -2.13. The van der Waals surface area contributed by atoms with Crippen molar-refractivity contribution in [1.82, 2.24) is 0 Å². The average molecular weight is 331 g/mol. The molecule has 0 aliphatic heterocycles. The van der Waals surface area contributed by atoms with Gasteiger partial charge in [-0.25, -0.2) is 8.78 Å². The number of halogens is 4. The first-order chi connectivity index (χ1) is 10.0. The van der Waals surface area contributed by atoms with Gasteiger partial charge in [-0.15, -0.1) is 11.6 Å². The number of alkyl halides is 1. The Morgan fingerprint density at radius 3 is 2.38 bits per heavy atom. The number of benzene rings is 2. The molecule has 0 bridgehead atoms. The zero-order valence-corrected chi connectivity index (χ0v) is 12.9. The molecular formula is C16H14Cl2F2O. The Labute approximate surface area is 132 Å². The van der Waals surface area contributed by atoms with Crippen molar-refractivity contribution in [3.8, 4) is 0 Å². The third-order valence-electron chi connectivity index (χ3n) is 3.18. The second kappa shape index (κ2) is 7.21. The van der Waals surface area contributed by atoms with Gasteiger partial charge in [0.2, 0.25) is 0 Å².